The van der Waals surface area contributed by atoms with Crippen molar-refractivity contribution < 1.29 is 8.42 Å². The van der Waals surface area contributed by atoms with Crippen LogP contribution in [0.15, 0.2) is 12.4 Å². The Kier molecular flexibility index (Phi) is 4.07. The molecule has 0 bridgehead atoms. The highest BCUT2D eigenvalue weighted by Crippen LogP contribution is 2.28. The summed E-state index contributed by atoms with van der Waals surface area (Å²) in [5, 5.41) is 7.77. The van der Waals surface area contributed by atoms with Crippen molar-refractivity contribution in [3.05, 3.63) is 12.4 Å². The van der Waals surface area contributed by atoms with Crippen LogP contribution in [0, 0.1) is 5.92 Å². The predicted molar refractivity (Wildman–Crippen MR) is 75.6 cm³/mol. The summed E-state index contributed by atoms with van der Waals surface area (Å²) in [6, 6.07) is 0.138. The molecule has 1 saturated heterocycles. The maximum Gasteiger partial charge on any atom is 0.214 e. The van der Waals surface area contributed by atoms with Crippen LogP contribution in [0.4, 0.5) is 0 Å². The third-order valence-electron chi connectivity index (χ3n) is 4.51. The van der Waals surface area contributed by atoms with E-state index in [2.05, 4.69) is 10.3 Å². The molecule has 2 aliphatic rings. The fourth-order valence-corrected chi connectivity index (χ4v) is 5.27. The van der Waals surface area contributed by atoms with E-state index in [0.29, 0.717) is 24.8 Å². The van der Waals surface area contributed by atoms with Crippen LogP contribution in [-0.4, -0.2) is 46.6 Å². The van der Waals surface area contributed by atoms with E-state index in [1.54, 1.807) is 15.2 Å². The minimum atomic E-state index is -3.11. The van der Waals surface area contributed by atoms with Gasteiger partial charge in [-0.25, -0.2) is 13.1 Å². The molecule has 0 spiro atoms. The lowest BCUT2D eigenvalue weighted by atomic mass is 9.91. The third kappa shape index (κ3) is 3.03. The zero-order valence-electron chi connectivity index (χ0n) is 11.7. The molecule has 2 heterocycles. The highest BCUT2D eigenvalue weighted by atomic mass is 32.2. The van der Waals surface area contributed by atoms with E-state index in [4.69, 9.17) is 0 Å². The first-order valence-electron chi connectivity index (χ1n) is 7.49. The number of rotatable bonds is 4. The van der Waals surface area contributed by atoms with Crippen molar-refractivity contribution in [2.45, 2.75) is 44.6 Å². The Bertz CT molecular complexity index is 523. The monoisotopic (exact) mass is 298 g/mol. The van der Waals surface area contributed by atoms with Gasteiger partial charge in [-0.3, -0.25) is 0 Å². The van der Waals surface area contributed by atoms with Gasteiger partial charge in [-0.15, -0.1) is 5.10 Å². The first-order valence-corrected chi connectivity index (χ1v) is 9.10. The molecular formula is C13H22N4O2S. The molecule has 112 valence electrons. The fourth-order valence-electron chi connectivity index (χ4n) is 3.35. The summed E-state index contributed by atoms with van der Waals surface area (Å²) in [5.41, 5.74) is 0. The molecule has 1 aromatic rings. The number of hydrogen-bond donors (Lipinski definition) is 0. The minimum absolute atomic E-state index is 0.138. The number of hydrogen-bond acceptors (Lipinski definition) is 4. The smallest absolute Gasteiger partial charge is 0.214 e. The Morgan fingerprint density at radius 2 is 1.95 bits per heavy atom. The first-order chi connectivity index (χ1) is 9.65. The zero-order valence-corrected chi connectivity index (χ0v) is 12.5. The van der Waals surface area contributed by atoms with Crippen molar-refractivity contribution in [3.63, 3.8) is 0 Å². The van der Waals surface area contributed by atoms with Gasteiger partial charge in [-0.2, -0.15) is 4.31 Å². The average Bonchev–Trinajstić information content (AvgIpc) is 3.11. The van der Waals surface area contributed by atoms with Gasteiger partial charge < -0.3 is 0 Å². The van der Waals surface area contributed by atoms with Gasteiger partial charge in [0.2, 0.25) is 10.0 Å². The summed E-state index contributed by atoms with van der Waals surface area (Å²) in [7, 11) is -3.11. The van der Waals surface area contributed by atoms with Crippen molar-refractivity contribution >= 4 is 10.0 Å². The summed E-state index contributed by atoms with van der Waals surface area (Å²) in [5.74, 6) is 0.691. The number of aromatic nitrogens is 3. The zero-order chi connectivity index (χ0) is 14.0. The van der Waals surface area contributed by atoms with Gasteiger partial charge >= 0.3 is 0 Å². The standard InChI is InChI=1S/C13H22N4O2S/c18-20(19,11-12-4-2-1-3-5-12)16-8-6-13(10-16)17-9-7-14-15-17/h7,9,12-13H,1-6,8,10-11H2. The van der Waals surface area contributed by atoms with Gasteiger partial charge in [0.05, 0.1) is 18.0 Å². The SMILES string of the molecule is O=S(=O)(CC1CCCCC1)N1CCC(n2ccnn2)C1. The number of nitrogens with zero attached hydrogens (tertiary/aromatic N) is 4. The lowest BCUT2D eigenvalue weighted by Gasteiger charge is -2.24. The molecule has 1 atom stereocenters. The van der Waals surface area contributed by atoms with Gasteiger partial charge in [-0.05, 0) is 25.2 Å². The molecule has 3 rings (SSSR count). The van der Waals surface area contributed by atoms with Gasteiger partial charge in [-0.1, -0.05) is 24.5 Å². The molecule has 0 amide bonds. The minimum Gasteiger partial charge on any atom is -0.248 e. The van der Waals surface area contributed by atoms with Crippen LogP contribution in [0.25, 0.3) is 0 Å². The van der Waals surface area contributed by atoms with E-state index in [0.717, 1.165) is 19.3 Å². The third-order valence-corrected chi connectivity index (χ3v) is 6.52. The molecule has 1 aliphatic heterocycles. The van der Waals surface area contributed by atoms with Crippen molar-refractivity contribution in [1.82, 2.24) is 19.3 Å². The number of sulfonamides is 1. The van der Waals surface area contributed by atoms with Crippen LogP contribution in [-0.2, 0) is 10.0 Å². The Morgan fingerprint density at radius 3 is 2.65 bits per heavy atom. The molecule has 0 N–H and O–H groups in total. The highest BCUT2D eigenvalue weighted by Gasteiger charge is 2.34. The molecular weight excluding hydrogens is 276 g/mol. The average molecular weight is 298 g/mol. The van der Waals surface area contributed by atoms with E-state index in [1.165, 1.54) is 19.3 Å². The van der Waals surface area contributed by atoms with Gasteiger partial charge in [0, 0.05) is 19.3 Å². The summed E-state index contributed by atoms with van der Waals surface area (Å²) in [4.78, 5) is 0. The molecule has 1 aliphatic carbocycles. The van der Waals surface area contributed by atoms with E-state index in [9.17, 15) is 8.42 Å². The quantitative estimate of drug-likeness (QED) is 0.843. The highest BCUT2D eigenvalue weighted by molar-refractivity contribution is 7.89. The van der Waals surface area contributed by atoms with Crippen LogP contribution in [0.5, 0.6) is 0 Å². The molecule has 20 heavy (non-hydrogen) atoms. The topological polar surface area (TPSA) is 68.1 Å². The largest absolute Gasteiger partial charge is 0.248 e. The maximum absolute atomic E-state index is 12.5. The fraction of sp³-hybridized carbons (Fsp3) is 0.846. The lowest BCUT2D eigenvalue weighted by molar-refractivity contribution is 0.372. The molecule has 2 fully saturated rings. The molecule has 6 nitrogen and oxygen atoms in total. The molecule has 1 aromatic heterocycles. The van der Waals surface area contributed by atoms with Gasteiger partial charge in [0.1, 0.15) is 0 Å². The normalized spacial score (nSPS) is 26.1. The van der Waals surface area contributed by atoms with Crippen molar-refractivity contribution in [3.8, 4) is 0 Å². The van der Waals surface area contributed by atoms with Crippen molar-refractivity contribution in [1.29, 1.82) is 0 Å². The van der Waals surface area contributed by atoms with Crippen LogP contribution >= 0.6 is 0 Å². The summed E-state index contributed by atoms with van der Waals surface area (Å²) < 4.78 is 28.4. The Balaban J connectivity index is 1.61. The van der Waals surface area contributed by atoms with Crippen LogP contribution in [0.2, 0.25) is 0 Å². The van der Waals surface area contributed by atoms with Crippen molar-refractivity contribution in [2.75, 3.05) is 18.8 Å². The van der Waals surface area contributed by atoms with E-state index < -0.39 is 10.0 Å². The van der Waals surface area contributed by atoms with E-state index >= 15 is 0 Å². The molecule has 1 unspecified atom stereocenters. The summed E-state index contributed by atoms with van der Waals surface area (Å²) in [6.07, 6.45) is 10.0. The summed E-state index contributed by atoms with van der Waals surface area (Å²) in [6.45, 7) is 1.15. The maximum atomic E-state index is 12.5. The molecule has 7 heteroatoms. The second-order valence-electron chi connectivity index (χ2n) is 5.97. The van der Waals surface area contributed by atoms with E-state index in [-0.39, 0.29) is 6.04 Å². The molecule has 1 saturated carbocycles. The van der Waals surface area contributed by atoms with Crippen LogP contribution < -0.4 is 0 Å². The Hall–Kier alpha value is -0.950. The van der Waals surface area contributed by atoms with E-state index in [1.807, 2.05) is 6.20 Å². The van der Waals surface area contributed by atoms with Crippen LogP contribution in [0.3, 0.4) is 0 Å². The van der Waals surface area contributed by atoms with Gasteiger partial charge in [0.15, 0.2) is 0 Å². The van der Waals surface area contributed by atoms with Crippen LogP contribution in [0.1, 0.15) is 44.6 Å². The molecule has 0 aromatic carbocycles. The van der Waals surface area contributed by atoms with Gasteiger partial charge in [0.25, 0.3) is 0 Å². The first kappa shape index (κ1) is 14.0. The second-order valence-corrected chi connectivity index (χ2v) is 7.98. The predicted octanol–water partition coefficient (Wildman–Crippen LogP) is 1.44. The lowest BCUT2D eigenvalue weighted by Crippen LogP contribution is -2.34. The van der Waals surface area contributed by atoms with Crippen molar-refractivity contribution in [2.24, 2.45) is 5.92 Å². The Morgan fingerprint density at radius 1 is 1.15 bits per heavy atom. The Labute approximate surface area is 120 Å². The molecule has 0 radical (unpaired) electrons. The second kappa shape index (κ2) is 5.81. The summed E-state index contributed by atoms with van der Waals surface area (Å²) >= 11 is 0.